The molecular formula is C12H13N3. The third-order valence-electron chi connectivity index (χ3n) is 2.55. The summed E-state index contributed by atoms with van der Waals surface area (Å²) in [5.74, 6) is 0. The maximum absolute atomic E-state index is 8.85. The molecule has 0 saturated carbocycles. The van der Waals surface area contributed by atoms with Crippen LogP contribution in [0.2, 0.25) is 0 Å². The molecule has 2 heterocycles. The lowest BCUT2D eigenvalue weighted by molar-refractivity contribution is 0.471. The average molecular weight is 199 g/mol. The second-order valence-corrected chi connectivity index (χ2v) is 3.61. The molecule has 3 heteroatoms. The molecule has 0 aromatic carbocycles. The number of rotatable bonds is 2. The first kappa shape index (κ1) is 9.72. The van der Waals surface area contributed by atoms with Crippen molar-refractivity contribution in [2.24, 2.45) is 0 Å². The van der Waals surface area contributed by atoms with E-state index in [0.29, 0.717) is 5.69 Å². The Morgan fingerprint density at radius 2 is 2.20 bits per heavy atom. The molecule has 1 aliphatic heterocycles. The Morgan fingerprint density at radius 1 is 1.40 bits per heavy atom. The van der Waals surface area contributed by atoms with Gasteiger partial charge in [-0.2, -0.15) is 5.26 Å². The zero-order valence-corrected chi connectivity index (χ0v) is 8.56. The van der Waals surface area contributed by atoms with Crippen LogP contribution in [0.5, 0.6) is 0 Å². The van der Waals surface area contributed by atoms with E-state index in [4.69, 9.17) is 5.26 Å². The molecule has 3 nitrogen and oxygen atoms in total. The Bertz CT molecular complexity index is 398. The van der Waals surface area contributed by atoms with Crippen molar-refractivity contribution < 1.29 is 0 Å². The van der Waals surface area contributed by atoms with Crippen molar-refractivity contribution in [3.8, 4) is 6.07 Å². The van der Waals surface area contributed by atoms with Gasteiger partial charge in [0.15, 0.2) is 0 Å². The second kappa shape index (κ2) is 4.61. The Morgan fingerprint density at radius 3 is 2.93 bits per heavy atom. The molecule has 1 aliphatic rings. The molecule has 0 aliphatic carbocycles. The SMILES string of the molecule is N#Cc1ncccc1/C=C/N1CCCC1. The maximum Gasteiger partial charge on any atom is 0.147 e. The van der Waals surface area contributed by atoms with Gasteiger partial charge in [-0.3, -0.25) is 0 Å². The fourth-order valence-corrected chi connectivity index (χ4v) is 1.72. The summed E-state index contributed by atoms with van der Waals surface area (Å²) >= 11 is 0. The van der Waals surface area contributed by atoms with E-state index in [2.05, 4.69) is 22.2 Å². The molecule has 2 rings (SSSR count). The Balaban J connectivity index is 2.13. The number of nitriles is 1. The van der Waals surface area contributed by atoms with Crippen LogP contribution in [0.25, 0.3) is 6.08 Å². The molecule has 0 unspecified atom stereocenters. The summed E-state index contributed by atoms with van der Waals surface area (Å²) in [5.41, 5.74) is 1.39. The number of hydrogen-bond donors (Lipinski definition) is 0. The quantitative estimate of drug-likeness (QED) is 0.731. The first-order valence-corrected chi connectivity index (χ1v) is 5.17. The number of nitrogens with zero attached hydrogens (tertiary/aromatic N) is 3. The minimum absolute atomic E-state index is 0.493. The van der Waals surface area contributed by atoms with Crippen molar-refractivity contribution >= 4 is 6.08 Å². The topological polar surface area (TPSA) is 39.9 Å². The monoisotopic (exact) mass is 199 g/mol. The van der Waals surface area contributed by atoms with Gasteiger partial charge < -0.3 is 4.90 Å². The number of hydrogen-bond acceptors (Lipinski definition) is 3. The lowest BCUT2D eigenvalue weighted by Crippen LogP contribution is -2.10. The van der Waals surface area contributed by atoms with E-state index in [1.54, 1.807) is 6.20 Å². The van der Waals surface area contributed by atoms with Gasteiger partial charge in [0.05, 0.1) is 0 Å². The molecule has 0 atom stereocenters. The molecule has 0 N–H and O–H groups in total. The van der Waals surface area contributed by atoms with Gasteiger partial charge in [-0.1, -0.05) is 6.07 Å². The van der Waals surface area contributed by atoms with Crippen molar-refractivity contribution in [2.75, 3.05) is 13.1 Å². The zero-order valence-electron chi connectivity index (χ0n) is 8.56. The van der Waals surface area contributed by atoms with Gasteiger partial charge in [-0.05, 0) is 31.2 Å². The van der Waals surface area contributed by atoms with Gasteiger partial charge in [0.25, 0.3) is 0 Å². The fourth-order valence-electron chi connectivity index (χ4n) is 1.72. The number of likely N-dealkylation sites (tertiary alicyclic amines) is 1. The van der Waals surface area contributed by atoms with Crippen LogP contribution < -0.4 is 0 Å². The highest BCUT2D eigenvalue weighted by Crippen LogP contribution is 2.11. The minimum Gasteiger partial charge on any atom is -0.377 e. The average Bonchev–Trinajstić information content (AvgIpc) is 2.79. The maximum atomic E-state index is 8.85. The summed E-state index contributed by atoms with van der Waals surface area (Å²) in [7, 11) is 0. The number of aromatic nitrogens is 1. The minimum atomic E-state index is 0.493. The Hall–Kier alpha value is -1.82. The molecule has 1 fully saturated rings. The molecule has 0 radical (unpaired) electrons. The summed E-state index contributed by atoms with van der Waals surface area (Å²) in [5, 5.41) is 8.85. The van der Waals surface area contributed by atoms with Crippen LogP contribution in [0.4, 0.5) is 0 Å². The van der Waals surface area contributed by atoms with Crippen molar-refractivity contribution in [1.29, 1.82) is 5.26 Å². The van der Waals surface area contributed by atoms with Crippen LogP contribution in [0, 0.1) is 11.3 Å². The lowest BCUT2D eigenvalue weighted by Gasteiger charge is -2.09. The lowest BCUT2D eigenvalue weighted by atomic mass is 10.2. The molecule has 1 saturated heterocycles. The van der Waals surface area contributed by atoms with Crippen molar-refractivity contribution in [1.82, 2.24) is 9.88 Å². The summed E-state index contributed by atoms with van der Waals surface area (Å²) in [4.78, 5) is 6.28. The number of pyridine rings is 1. The third kappa shape index (κ3) is 2.35. The Kier molecular flexibility index (Phi) is 2.99. The van der Waals surface area contributed by atoms with Gasteiger partial charge in [0.1, 0.15) is 11.8 Å². The standard InChI is InChI=1S/C12H13N3/c13-10-12-11(4-3-6-14-12)5-9-15-7-1-2-8-15/h3-6,9H,1-2,7-8H2/b9-5+. The van der Waals surface area contributed by atoms with Crippen LogP contribution in [0.1, 0.15) is 24.1 Å². The van der Waals surface area contributed by atoms with Gasteiger partial charge in [0.2, 0.25) is 0 Å². The van der Waals surface area contributed by atoms with Crippen LogP contribution in [-0.4, -0.2) is 23.0 Å². The van der Waals surface area contributed by atoms with Gasteiger partial charge in [-0.15, -0.1) is 0 Å². The van der Waals surface area contributed by atoms with E-state index in [1.807, 2.05) is 18.2 Å². The van der Waals surface area contributed by atoms with Crippen LogP contribution in [-0.2, 0) is 0 Å². The normalized spacial score (nSPS) is 15.8. The van der Waals surface area contributed by atoms with Gasteiger partial charge in [0, 0.05) is 24.8 Å². The smallest absolute Gasteiger partial charge is 0.147 e. The predicted molar refractivity (Wildman–Crippen MR) is 58.8 cm³/mol. The fraction of sp³-hybridized carbons (Fsp3) is 0.333. The predicted octanol–water partition coefficient (Wildman–Crippen LogP) is 2.02. The summed E-state index contributed by atoms with van der Waals surface area (Å²) in [6, 6.07) is 5.86. The first-order chi connectivity index (χ1) is 7.40. The van der Waals surface area contributed by atoms with E-state index >= 15 is 0 Å². The molecule has 0 amide bonds. The molecule has 0 bridgehead atoms. The highest BCUT2D eigenvalue weighted by atomic mass is 15.1. The van der Waals surface area contributed by atoms with Crippen LogP contribution in [0.3, 0.4) is 0 Å². The van der Waals surface area contributed by atoms with Crippen molar-refractivity contribution in [2.45, 2.75) is 12.8 Å². The Labute approximate surface area is 89.7 Å². The van der Waals surface area contributed by atoms with Crippen molar-refractivity contribution in [3.05, 3.63) is 35.8 Å². The molecular weight excluding hydrogens is 186 g/mol. The summed E-state index contributed by atoms with van der Waals surface area (Å²) in [6.07, 6.45) is 8.21. The summed E-state index contributed by atoms with van der Waals surface area (Å²) in [6.45, 7) is 2.25. The first-order valence-electron chi connectivity index (χ1n) is 5.17. The van der Waals surface area contributed by atoms with E-state index < -0.39 is 0 Å². The third-order valence-corrected chi connectivity index (χ3v) is 2.55. The van der Waals surface area contributed by atoms with E-state index in [9.17, 15) is 0 Å². The van der Waals surface area contributed by atoms with Crippen LogP contribution in [0.15, 0.2) is 24.5 Å². The van der Waals surface area contributed by atoms with Gasteiger partial charge >= 0.3 is 0 Å². The zero-order chi connectivity index (χ0) is 10.5. The van der Waals surface area contributed by atoms with Crippen molar-refractivity contribution in [3.63, 3.8) is 0 Å². The van der Waals surface area contributed by atoms with Gasteiger partial charge in [-0.25, -0.2) is 4.98 Å². The molecule has 1 aromatic rings. The second-order valence-electron chi connectivity index (χ2n) is 3.61. The van der Waals surface area contributed by atoms with Crippen LogP contribution >= 0.6 is 0 Å². The van der Waals surface area contributed by atoms with E-state index in [1.165, 1.54) is 12.8 Å². The van der Waals surface area contributed by atoms with E-state index in [-0.39, 0.29) is 0 Å². The largest absolute Gasteiger partial charge is 0.377 e. The molecule has 0 spiro atoms. The highest BCUT2D eigenvalue weighted by molar-refractivity contribution is 5.54. The summed E-state index contributed by atoms with van der Waals surface area (Å²) < 4.78 is 0. The molecule has 1 aromatic heterocycles. The highest BCUT2D eigenvalue weighted by Gasteiger charge is 2.06. The van der Waals surface area contributed by atoms with E-state index in [0.717, 1.165) is 18.7 Å². The molecule has 76 valence electrons. The molecule has 15 heavy (non-hydrogen) atoms.